The predicted molar refractivity (Wildman–Crippen MR) is 69.2 cm³/mol. The molecule has 1 heterocycles. The quantitative estimate of drug-likeness (QED) is 0.675. The first-order valence-electron chi connectivity index (χ1n) is 4.96. The summed E-state index contributed by atoms with van der Waals surface area (Å²) in [7, 11) is 1.70. The molecule has 0 aliphatic heterocycles. The first-order chi connectivity index (χ1) is 8.10. The highest BCUT2D eigenvalue weighted by molar-refractivity contribution is 9.10. The van der Waals surface area contributed by atoms with Gasteiger partial charge >= 0.3 is 5.69 Å². The predicted octanol–water partition coefficient (Wildman–Crippen LogP) is 0.777. The molecule has 17 heavy (non-hydrogen) atoms. The first-order valence-corrected chi connectivity index (χ1v) is 5.75. The van der Waals surface area contributed by atoms with Gasteiger partial charge in [0.1, 0.15) is 0 Å². The van der Waals surface area contributed by atoms with Gasteiger partial charge in [-0.1, -0.05) is 0 Å². The maximum absolute atomic E-state index is 11.4. The van der Waals surface area contributed by atoms with E-state index in [2.05, 4.69) is 36.5 Å². The molecule has 90 valence electrons. The molecular weight excluding hydrogens is 288 g/mol. The molecule has 0 bridgehead atoms. The lowest BCUT2D eigenvalue weighted by Gasteiger charge is -2.07. The number of anilines is 1. The van der Waals surface area contributed by atoms with Crippen LogP contribution in [0.4, 0.5) is 5.69 Å². The normalized spacial score (nSPS) is 10.7. The van der Waals surface area contributed by atoms with Gasteiger partial charge in [-0.25, -0.2) is 4.79 Å². The monoisotopic (exact) mass is 298 g/mol. The molecule has 2 rings (SSSR count). The number of aromatic amines is 2. The van der Waals surface area contributed by atoms with Crippen molar-refractivity contribution in [2.45, 2.75) is 0 Å². The van der Waals surface area contributed by atoms with E-state index in [-0.39, 0.29) is 18.1 Å². The van der Waals surface area contributed by atoms with Crippen LogP contribution in [-0.4, -0.2) is 29.5 Å². The van der Waals surface area contributed by atoms with E-state index in [1.165, 1.54) is 0 Å². The summed E-state index contributed by atoms with van der Waals surface area (Å²) < 4.78 is 0.713. The van der Waals surface area contributed by atoms with Crippen LogP contribution in [0.5, 0.6) is 0 Å². The van der Waals surface area contributed by atoms with Crippen LogP contribution < -0.4 is 16.3 Å². The highest BCUT2D eigenvalue weighted by Crippen LogP contribution is 2.26. The average Bonchev–Trinajstić information content (AvgIpc) is 2.58. The van der Waals surface area contributed by atoms with Gasteiger partial charge in [-0.2, -0.15) is 0 Å². The van der Waals surface area contributed by atoms with E-state index in [9.17, 15) is 9.59 Å². The number of rotatable bonds is 3. The number of halogens is 1. The van der Waals surface area contributed by atoms with E-state index in [1.54, 1.807) is 19.2 Å². The van der Waals surface area contributed by atoms with Crippen molar-refractivity contribution >= 4 is 38.6 Å². The van der Waals surface area contributed by atoms with Crippen molar-refractivity contribution in [3.05, 3.63) is 27.1 Å². The molecule has 6 nitrogen and oxygen atoms in total. The van der Waals surface area contributed by atoms with E-state index in [4.69, 9.17) is 0 Å². The minimum Gasteiger partial charge on any atom is -0.324 e. The summed E-state index contributed by atoms with van der Waals surface area (Å²) in [4.78, 5) is 27.8. The summed E-state index contributed by atoms with van der Waals surface area (Å²) in [6.45, 7) is 0.230. The Hall–Kier alpha value is -1.60. The number of fused-ring (bicyclic) bond motifs is 1. The summed E-state index contributed by atoms with van der Waals surface area (Å²) >= 11 is 3.34. The van der Waals surface area contributed by atoms with E-state index >= 15 is 0 Å². The number of benzene rings is 1. The summed E-state index contributed by atoms with van der Waals surface area (Å²) in [6.07, 6.45) is 0. The summed E-state index contributed by atoms with van der Waals surface area (Å²) in [6, 6.07) is 3.44. The molecule has 4 N–H and O–H groups in total. The molecule has 0 atom stereocenters. The van der Waals surface area contributed by atoms with Gasteiger partial charge in [-0.15, -0.1) is 0 Å². The molecule has 1 amide bonds. The maximum atomic E-state index is 11.4. The zero-order valence-corrected chi connectivity index (χ0v) is 10.6. The fourth-order valence-corrected chi connectivity index (χ4v) is 1.95. The van der Waals surface area contributed by atoms with E-state index in [0.717, 1.165) is 0 Å². The average molecular weight is 299 g/mol. The Morgan fingerprint density at radius 2 is 2.00 bits per heavy atom. The molecule has 1 aromatic heterocycles. The molecule has 0 aliphatic carbocycles. The minimum absolute atomic E-state index is 0.148. The number of aromatic nitrogens is 2. The Kier molecular flexibility index (Phi) is 3.30. The maximum Gasteiger partial charge on any atom is 0.323 e. The number of amides is 1. The Morgan fingerprint density at radius 1 is 1.35 bits per heavy atom. The van der Waals surface area contributed by atoms with E-state index < -0.39 is 0 Å². The van der Waals surface area contributed by atoms with Crippen molar-refractivity contribution in [2.24, 2.45) is 0 Å². The molecular formula is C10H11BrN4O2. The number of nitrogens with one attached hydrogen (secondary N) is 4. The molecule has 0 fully saturated rings. The second kappa shape index (κ2) is 4.72. The van der Waals surface area contributed by atoms with Gasteiger partial charge in [-0.05, 0) is 35.1 Å². The second-order valence-corrected chi connectivity index (χ2v) is 4.39. The highest BCUT2D eigenvalue weighted by Gasteiger charge is 2.08. The zero-order chi connectivity index (χ0) is 12.4. The molecule has 1 aromatic carbocycles. The summed E-state index contributed by atoms with van der Waals surface area (Å²) in [5.74, 6) is -0.148. The van der Waals surface area contributed by atoms with E-state index in [0.29, 0.717) is 21.2 Å². The number of carbonyl (C=O) groups excluding carboxylic acids is 1. The Labute approximate surface area is 105 Å². The SMILES string of the molecule is CNCC(=O)Nc1cc2[nH]c(=O)[nH]c2cc1Br. The fraction of sp³-hybridized carbons (Fsp3) is 0.200. The van der Waals surface area contributed by atoms with Gasteiger partial charge in [0.15, 0.2) is 0 Å². The third kappa shape index (κ3) is 2.56. The van der Waals surface area contributed by atoms with Crippen LogP contribution in [0.1, 0.15) is 0 Å². The smallest absolute Gasteiger partial charge is 0.323 e. The molecule has 0 spiro atoms. The van der Waals surface area contributed by atoms with Gasteiger partial charge in [0.25, 0.3) is 0 Å². The molecule has 0 unspecified atom stereocenters. The van der Waals surface area contributed by atoms with Crippen molar-refractivity contribution < 1.29 is 4.79 Å². The van der Waals surface area contributed by atoms with Crippen LogP contribution in [0.25, 0.3) is 11.0 Å². The number of likely N-dealkylation sites (N-methyl/N-ethyl adjacent to an activating group) is 1. The topological polar surface area (TPSA) is 89.8 Å². The van der Waals surface area contributed by atoms with Crippen molar-refractivity contribution in [2.75, 3.05) is 18.9 Å². The van der Waals surface area contributed by atoms with Crippen LogP contribution in [-0.2, 0) is 4.79 Å². The lowest BCUT2D eigenvalue weighted by atomic mass is 10.2. The van der Waals surface area contributed by atoms with Crippen LogP contribution in [0, 0.1) is 0 Å². The first kappa shape index (κ1) is 11.9. The van der Waals surface area contributed by atoms with Gasteiger partial charge < -0.3 is 20.6 Å². The fourth-order valence-electron chi connectivity index (χ4n) is 1.51. The zero-order valence-electron chi connectivity index (χ0n) is 9.06. The number of imidazole rings is 1. The third-order valence-corrected chi connectivity index (χ3v) is 2.87. The van der Waals surface area contributed by atoms with Crippen molar-refractivity contribution in [3.8, 4) is 0 Å². The van der Waals surface area contributed by atoms with E-state index in [1.807, 2.05) is 0 Å². The Morgan fingerprint density at radius 3 is 2.65 bits per heavy atom. The standard InChI is InChI=1S/C10H11BrN4O2/c1-12-4-9(16)13-6-3-8-7(2-5(6)11)14-10(17)15-8/h2-3,12H,4H2,1H3,(H,13,16)(H2,14,15,17). The highest BCUT2D eigenvalue weighted by atomic mass is 79.9. The third-order valence-electron chi connectivity index (χ3n) is 2.22. The van der Waals surface area contributed by atoms with Crippen LogP contribution in [0.15, 0.2) is 21.4 Å². The van der Waals surface area contributed by atoms with Crippen molar-refractivity contribution in [1.29, 1.82) is 0 Å². The van der Waals surface area contributed by atoms with Gasteiger partial charge in [0.2, 0.25) is 5.91 Å². The number of carbonyl (C=O) groups is 1. The summed E-state index contributed by atoms with van der Waals surface area (Å²) in [5, 5.41) is 5.49. The van der Waals surface area contributed by atoms with Crippen LogP contribution >= 0.6 is 15.9 Å². The molecule has 0 aliphatic rings. The number of hydrogen-bond donors (Lipinski definition) is 4. The van der Waals surface area contributed by atoms with Crippen LogP contribution in [0.3, 0.4) is 0 Å². The second-order valence-electron chi connectivity index (χ2n) is 3.54. The number of hydrogen-bond acceptors (Lipinski definition) is 3. The van der Waals surface area contributed by atoms with Gasteiger partial charge in [0.05, 0.1) is 23.3 Å². The largest absolute Gasteiger partial charge is 0.324 e. The number of H-pyrrole nitrogens is 2. The molecule has 0 radical (unpaired) electrons. The van der Waals surface area contributed by atoms with Gasteiger partial charge in [0, 0.05) is 4.47 Å². The molecule has 2 aromatic rings. The minimum atomic E-state index is -0.273. The Balaban J connectivity index is 2.36. The molecule has 7 heteroatoms. The van der Waals surface area contributed by atoms with Gasteiger partial charge in [-0.3, -0.25) is 4.79 Å². The van der Waals surface area contributed by atoms with Crippen molar-refractivity contribution in [1.82, 2.24) is 15.3 Å². The summed E-state index contributed by atoms with van der Waals surface area (Å²) in [5.41, 5.74) is 1.69. The molecule has 0 saturated carbocycles. The molecule has 0 saturated heterocycles. The Bertz CT molecular complexity index is 616. The van der Waals surface area contributed by atoms with Crippen molar-refractivity contribution in [3.63, 3.8) is 0 Å². The lowest BCUT2D eigenvalue weighted by Crippen LogP contribution is -2.25. The van der Waals surface area contributed by atoms with Crippen LogP contribution in [0.2, 0.25) is 0 Å². The lowest BCUT2D eigenvalue weighted by molar-refractivity contribution is -0.115.